The van der Waals surface area contributed by atoms with Crippen LogP contribution < -0.4 is 5.32 Å². The molecule has 0 radical (unpaired) electrons. The molecule has 0 aliphatic rings. The van der Waals surface area contributed by atoms with E-state index in [9.17, 15) is 5.11 Å². The molecule has 0 amide bonds. The van der Waals surface area contributed by atoms with Gasteiger partial charge in [0.15, 0.2) is 0 Å². The number of benzene rings is 1. The lowest BCUT2D eigenvalue weighted by Gasteiger charge is -2.24. The summed E-state index contributed by atoms with van der Waals surface area (Å²) < 4.78 is 5.21. The second kappa shape index (κ2) is 5.92. The van der Waals surface area contributed by atoms with E-state index in [-0.39, 0.29) is 6.04 Å². The van der Waals surface area contributed by atoms with Crippen LogP contribution in [0.4, 0.5) is 5.69 Å². The Morgan fingerprint density at radius 1 is 1.29 bits per heavy atom. The van der Waals surface area contributed by atoms with E-state index in [1.807, 2.05) is 26.0 Å². The number of aryl methyl sites for hydroxylation is 1. The van der Waals surface area contributed by atoms with E-state index in [4.69, 9.17) is 4.74 Å². The van der Waals surface area contributed by atoms with Crippen LogP contribution in [0.15, 0.2) is 12.1 Å². The van der Waals surface area contributed by atoms with Gasteiger partial charge in [-0.15, -0.1) is 0 Å². The van der Waals surface area contributed by atoms with E-state index < -0.39 is 0 Å². The van der Waals surface area contributed by atoms with Gasteiger partial charge in [-0.25, -0.2) is 0 Å². The second-order valence-corrected chi connectivity index (χ2v) is 4.85. The molecule has 0 bridgehead atoms. The molecule has 1 atom stereocenters. The highest BCUT2D eigenvalue weighted by Gasteiger charge is 2.15. The number of phenols is 1. The number of hydrogen-bond acceptors (Lipinski definition) is 3. The lowest BCUT2D eigenvalue weighted by atomic mass is 10.0. The van der Waals surface area contributed by atoms with Crippen molar-refractivity contribution in [1.82, 2.24) is 0 Å². The molecule has 0 saturated heterocycles. The average Bonchev–Trinajstić information content (AvgIpc) is 2.28. The number of nitrogens with one attached hydrogen (secondary N) is 1. The van der Waals surface area contributed by atoms with E-state index in [1.54, 1.807) is 7.11 Å². The maximum Gasteiger partial charge on any atom is 0.123 e. The van der Waals surface area contributed by atoms with Crippen molar-refractivity contribution in [3.8, 4) is 5.75 Å². The van der Waals surface area contributed by atoms with Crippen LogP contribution in [-0.2, 0) is 4.74 Å². The molecule has 3 nitrogen and oxygen atoms in total. The number of ether oxygens (including phenoxy) is 1. The number of methoxy groups -OCH3 is 1. The molecule has 1 rings (SSSR count). The first-order valence-electron chi connectivity index (χ1n) is 6.02. The van der Waals surface area contributed by atoms with E-state index >= 15 is 0 Å². The molecule has 0 heterocycles. The lowest BCUT2D eigenvalue weighted by Crippen LogP contribution is -2.30. The largest absolute Gasteiger partial charge is 0.507 e. The first-order valence-corrected chi connectivity index (χ1v) is 6.02. The Morgan fingerprint density at radius 3 is 2.47 bits per heavy atom. The van der Waals surface area contributed by atoms with E-state index in [0.29, 0.717) is 18.3 Å². The van der Waals surface area contributed by atoms with Crippen molar-refractivity contribution in [2.45, 2.75) is 33.7 Å². The highest BCUT2D eigenvalue weighted by Crippen LogP contribution is 2.29. The summed E-state index contributed by atoms with van der Waals surface area (Å²) in [6.07, 6.45) is 0. The van der Waals surface area contributed by atoms with Gasteiger partial charge in [-0.2, -0.15) is 0 Å². The van der Waals surface area contributed by atoms with Gasteiger partial charge in [0.2, 0.25) is 0 Å². The molecular formula is C14H23NO2. The first kappa shape index (κ1) is 13.8. The van der Waals surface area contributed by atoms with Crippen molar-refractivity contribution >= 4 is 5.69 Å². The minimum atomic E-state index is 0.251. The van der Waals surface area contributed by atoms with Crippen LogP contribution in [0.25, 0.3) is 0 Å². The van der Waals surface area contributed by atoms with Crippen LogP contribution in [0.3, 0.4) is 0 Å². The first-order chi connectivity index (χ1) is 7.97. The highest BCUT2D eigenvalue weighted by atomic mass is 16.5. The van der Waals surface area contributed by atoms with E-state index in [2.05, 4.69) is 19.2 Å². The molecule has 3 heteroatoms. The van der Waals surface area contributed by atoms with Gasteiger partial charge >= 0.3 is 0 Å². The SMILES string of the molecule is COCC(Nc1ccc(C)c(O)c1C)C(C)C. The van der Waals surface area contributed by atoms with Crippen molar-refractivity contribution in [2.75, 3.05) is 19.0 Å². The topological polar surface area (TPSA) is 41.5 Å². The summed E-state index contributed by atoms with van der Waals surface area (Å²) in [5.41, 5.74) is 2.77. The van der Waals surface area contributed by atoms with Crippen molar-refractivity contribution in [3.63, 3.8) is 0 Å². The molecule has 0 aliphatic heterocycles. The van der Waals surface area contributed by atoms with Gasteiger partial charge in [-0.3, -0.25) is 0 Å². The third-order valence-corrected chi connectivity index (χ3v) is 3.12. The molecule has 0 saturated carbocycles. The van der Waals surface area contributed by atoms with E-state index in [0.717, 1.165) is 16.8 Å². The Labute approximate surface area is 104 Å². The van der Waals surface area contributed by atoms with Crippen molar-refractivity contribution in [1.29, 1.82) is 0 Å². The molecule has 0 spiro atoms. The Kier molecular flexibility index (Phi) is 4.82. The molecule has 1 aromatic carbocycles. The summed E-state index contributed by atoms with van der Waals surface area (Å²) in [5.74, 6) is 0.840. The van der Waals surface area contributed by atoms with Gasteiger partial charge in [0.25, 0.3) is 0 Å². The number of aromatic hydroxyl groups is 1. The van der Waals surface area contributed by atoms with Crippen LogP contribution in [0.1, 0.15) is 25.0 Å². The molecule has 1 aromatic rings. The molecule has 2 N–H and O–H groups in total. The second-order valence-electron chi connectivity index (χ2n) is 4.85. The quantitative estimate of drug-likeness (QED) is 0.827. The lowest BCUT2D eigenvalue weighted by molar-refractivity contribution is 0.171. The molecule has 1 unspecified atom stereocenters. The fourth-order valence-electron chi connectivity index (χ4n) is 1.77. The number of phenolic OH excluding ortho intramolecular Hbond substituents is 1. The van der Waals surface area contributed by atoms with Gasteiger partial charge in [0.1, 0.15) is 5.75 Å². The Morgan fingerprint density at radius 2 is 1.94 bits per heavy atom. The van der Waals surface area contributed by atoms with Gasteiger partial charge in [-0.05, 0) is 31.4 Å². The summed E-state index contributed by atoms with van der Waals surface area (Å²) in [7, 11) is 1.70. The summed E-state index contributed by atoms with van der Waals surface area (Å²) >= 11 is 0. The number of hydrogen-bond donors (Lipinski definition) is 2. The van der Waals surface area contributed by atoms with Gasteiger partial charge in [0.05, 0.1) is 12.6 Å². The fraction of sp³-hybridized carbons (Fsp3) is 0.571. The standard InChI is InChI=1S/C14H23NO2/c1-9(2)13(8-17-5)15-12-7-6-10(3)14(16)11(12)4/h6-7,9,13,15-16H,8H2,1-5H3. The van der Waals surface area contributed by atoms with Crippen LogP contribution in [-0.4, -0.2) is 24.9 Å². The highest BCUT2D eigenvalue weighted by molar-refractivity contribution is 5.59. The number of anilines is 1. The number of rotatable bonds is 5. The van der Waals surface area contributed by atoms with Crippen molar-refractivity contribution in [3.05, 3.63) is 23.3 Å². The monoisotopic (exact) mass is 237 g/mol. The van der Waals surface area contributed by atoms with Crippen molar-refractivity contribution < 1.29 is 9.84 Å². The van der Waals surface area contributed by atoms with Gasteiger partial charge in [0, 0.05) is 18.4 Å². The molecule has 0 fully saturated rings. The van der Waals surface area contributed by atoms with Crippen LogP contribution in [0, 0.1) is 19.8 Å². The van der Waals surface area contributed by atoms with Crippen LogP contribution >= 0.6 is 0 Å². The Balaban J connectivity index is 2.90. The minimum Gasteiger partial charge on any atom is -0.507 e. The molecule has 17 heavy (non-hydrogen) atoms. The summed E-state index contributed by atoms with van der Waals surface area (Å²) in [6, 6.07) is 4.19. The molecule has 96 valence electrons. The van der Waals surface area contributed by atoms with Gasteiger partial charge in [-0.1, -0.05) is 19.9 Å². The predicted molar refractivity (Wildman–Crippen MR) is 71.7 cm³/mol. The zero-order chi connectivity index (χ0) is 13.0. The van der Waals surface area contributed by atoms with E-state index in [1.165, 1.54) is 0 Å². The average molecular weight is 237 g/mol. The molecule has 0 aliphatic carbocycles. The van der Waals surface area contributed by atoms with Crippen LogP contribution in [0.2, 0.25) is 0 Å². The smallest absolute Gasteiger partial charge is 0.123 e. The normalized spacial score (nSPS) is 12.8. The maximum absolute atomic E-state index is 9.90. The summed E-state index contributed by atoms with van der Waals surface area (Å²) in [6.45, 7) is 8.79. The molecule has 0 aromatic heterocycles. The predicted octanol–water partition coefficient (Wildman–Crippen LogP) is 3.09. The zero-order valence-electron chi connectivity index (χ0n) is 11.4. The third-order valence-electron chi connectivity index (χ3n) is 3.12. The minimum absolute atomic E-state index is 0.251. The zero-order valence-corrected chi connectivity index (χ0v) is 11.4. The maximum atomic E-state index is 9.90. The van der Waals surface area contributed by atoms with Gasteiger partial charge < -0.3 is 15.2 Å². The fourth-order valence-corrected chi connectivity index (χ4v) is 1.77. The third kappa shape index (κ3) is 3.37. The molecular weight excluding hydrogens is 214 g/mol. The van der Waals surface area contributed by atoms with Crippen LogP contribution in [0.5, 0.6) is 5.75 Å². The summed E-state index contributed by atoms with van der Waals surface area (Å²) in [5, 5.41) is 13.3. The Bertz CT molecular complexity index is 375. The Hall–Kier alpha value is -1.22. The summed E-state index contributed by atoms with van der Waals surface area (Å²) in [4.78, 5) is 0. The van der Waals surface area contributed by atoms with Crippen molar-refractivity contribution in [2.24, 2.45) is 5.92 Å².